The van der Waals surface area contributed by atoms with Crippen molar-refractivity contribution < 1.29 is 4.21 Å². The van der Waals surface area contributed by atoms with Crippen molar-refractivity contribution in [1.82, 2.24) is 0 Å². The Kier molecular flexibility index (Phi) is 5.34. The summed E-state index contributed by atoms with van der Waals surface area (Å²) in [5.41, 5.74) is 3.87. The van der Waals surface area contributed by atoms with Crippen LogP contribution in [0, 0.1) is 6.92 Å². The van der Waals surface area contributed by atoms with Gasteiger partial charge in [-0.25, -0.2) is 0 Å². The van der Waals surface area contributed by atoms with Crippen molar-refractivity contribution in [3.63, 3.8) is 0 Å². The fraction of sp³-hybridized carbons (Fsp3) is 0.0952. The smallest absolute Gasteiger partial charge is 0.0712 e. The molecule has 3 heteroatoms. The first-order valence-corrected chi connectivity index (χ1v) is 9.17. The molecule has 0 aliphatic heterocycles. The summed E-state index contributed by atoms with van der Waals surface area (Å²) in [6, 6.07) is 27.6. The third-order valence-corrected chi connectivity index (χ3v) is 5.01. The number of rotatable bonds is 5. The second-order valence-electron chi connectivity index (χ2n) is 5.56. The molecule has 0 radical (unpaired) electrons. The fourth-order valence-corrected chi connectivity index (χ4v) is 3.45. The fourth-order valence-electron chi connectivity index (χ4n) is 2.37. The molecule has 0 N–H and O–H groups in total. The van der Waals surface area contributed by atoms with Crippen LogP contribution in [0.25, 0.3) is 0 Å². The Morgan fingerprint density at radius 3 is 2.04 bits per heavy atom. The molecule has 0 heterocycles. The summed E-state index contributed by atoms with van der Waals surface area (Å²) in [5, 5.41) is 0. The van der Waals surface area contributed by atoms with E-state index < -0.39 is 10.8 Å². The van der Waals surface area contributed by atoms with Crippen LogP contribution in [0.15, 0.2) is 94.8 Å². The van der Waals surface area contributed by atoms with Gasteiger partial charge in [0.25, 0.3) is 0 Å². The van der Waals surface area contributed by atoms with Gasteiger partial charge in [-0.3, -0.25) is 9.20 Å². The van der Waals surface area contributed by atoms with Gasteiger partial charge in [0.1, 0.15) is 0 Å². The molecule has 1 atom stereocenters. The van der Waals surface area contributed by atoms with Gasteiger partial charge in [0.2, 0.25) is 0 Å². The van der Waals surface area contributed by atoms with Crippen LogP contribution in [0.5, 0.6) is 0 Å². The molecule has 0 aliphatic carbocycles. The Morgan fingerprint density at radius 1 is 0.833 bits per heavy atom. The summed E-state index contributed by atoms with van der Waals surface area (Å²) in [7, 11) is -1.13. The molecule has 3 aromatic carbocycles. The van der Waals surface area contributed by atoms with Crippen molar-refractivity contribution in [2.24, 2.45) is 4.99 Å². The van der Waals surface area contributed by atoms with Gasteiger partial charge in [0, 0.05) is 4.90 Å². The molecule has 0 bridgehead atoms. The molecule has 3 rings (SSSR count). The van der Waals surface area contributed by atoms with Gasteiger partial charge in [-0.2, -0.15) is 0 Å². The Bertz CT molecular complexity index is 840. The van der Waals surface area contributed by atoms with E-state index in [1.54, 1.807) is 0 Å². The van der Waals surface area contributed by atoms with Gasteiger partial charge >= 0.3 is 0 Å². The highest BCUT2D eigenvalue weighted by Gasteiger charge is 2.11. The molecule has 1 unspecified atom stereocenters. The number of hydrogen-bond acceptors (Lipinski definition) is 2. The maximum atomic E-state index is 12.8. The highest BCUT2D eigenvalue weighted by molar-refractivity contribution is 7.85. The predicted octanol–water partition coefficient (Wildman–Crippen LogP) is 4.92. The first-order valence-electron chi connectivity index (χ1n) is 7.85. The number of para-hydroxylation sites is 1. The van der Waals surface area contributed by atoms with Crippen LogP contribution in [0.4, 0.5) is 5.69 Å². The maximum absolute atomic E-state index is 12.8. The molecule has 0 saturated carbocycles. The van der Waals surface area contributed by atoms with Gasteiger partial charge in [0.05, 0.1) is 28.0 Å². The number of nitrogens with zero attached hydrogens (tertiary/aromatic N) is 1. The zero-order valence-electron chi connectivity index (χ0n) is 13.6. The summed E-state index contributed by atoms with van der Waals surface area (Å²) in [5.74, 6) is 0.391. The Balaban J connectivity index is 1.92. The third kappa shape index (κ3) is 4.27. The molecule has 0 fully saturated rings. The van der Waals surface area contributed by atoms with Crippen LogP contribution in [0.3, 0.4) is 0 Å². The van der Waals surface area contributed by atoms with E-state index >= 15 is 0 Å². The third-order valence-electron chi connectivity index (χ3n) is 3.68. The van der Waals surface area contributed by atoms with Gasteiger partial charge in [-0.15, -0.1) is 0 Å². The molecule has 0 saturated heterocycles. The Hall–Kier alpha value is -2.52. The standard InChI is InChI=1S/C21H19NOS/c1-17-12-14-20(15-13-17)24(23)16-21(18-8-4-2-5-9-18)22-19-10-6-3-7-11-19/h2-15H,16H2,1H3. The van der Waals surface area contributed by atoms with Gasteiger partial charge in [0.15, 0.2) is 0 Å². The topological polar surface area (TPSA) is 29.4 Å². The van der Waals surface area contributed by atoms with Crippen LogP contribution in [0.1, 0.15) is 11.1 Å². The number of benzene rings is 3. The average molecular weight is 333 g/mol. The lowest BCUT2D eigenvalue weighted by Crippen LogP contribution is -2.12. The van der Waals surface area contributed by atoms with Crippen molar-refractivity contribution in [3.05, 3.63) is 96.1 Å². The molecular formula is C21H19NOS. The van der Waals surface area contributed by atoms with E-state index in [2.05, 4.69) is 0 Å². The van der Waals surface area contributed by atoms with Gasteiger partial charge in [-0.1, -0.05) is 66.2 Å². The number of aliphatic imine (C=N–C) groups is 1. The van der Waals surface area contributed by atoms with Crippen LogP contribution in [0.2, 0.25) is 0 Å². The number of hydrogen-bond donors (Lipinski definition) is 0. The van der Waals surface area contributed by atoms with Crippen molar-refractivity contribution in [2.75, 3.05) is 5.75 Å². The molecule has 3 aromatic rings. The highest BCUT2D eigenvalue weighted by atomic mass is 32.2. The second kappa shape index (κ2) is 7.84. The van der Waals surface area contributed by atoms with E-state index in [0.29, 0.717) is 5.75 Å². The van der Waals surface area contributed by atoms with Crippen LogP contribution in [-0.4, -0.2) is 15.7 Å². The monoisotopic (exact) mass is 333 g/mol. The summed E-state index contributed by atoms with van der Waals surface area (Å²) in [6.07, 6.45) is 0. The Morgan fingerprint density at radius 2 is 1.42 bits per heavy atom. The minimum absolute atomic E-state index is 0.391. The van der Waals surface area contributed by atoms with Gasteiger partial charge in [-0.05, 0) is 36.8 Å². The van der Waals surface area contributed by atoms with E-state index in [0.717, 1.165) is 27.4 Å². The molecule has 0 spiro atoms. The first kappa shape index (κ1) is 16.3. The van der Waals surface area contributed by atoms with Crippen molar-refractivity contribution in [2.45, 2.75) is 11.8 Å². The van der Waals surface area contributed by atoms with Crippen LogP contribution in [-0.2, 0) is 10.8 Å². The SMILES string of the molecule is Cc1ccc(S(=O)CC(=Nc2ccccc2)c2ccccc2)cc1. The van der Waals surface area contributed by atoms with Crippen LogP contribution < -0.4 is 0 Å². The molecule has 0 aromatic heterocycles. The molecule has 2 nitrogen and oxygen atoms in total. The summed E-state index contributed by atoms with van der Waals surface area (Å²) >= 11 is 0. The lowest BCUT2D eigenvalue weighted by atomic mass is 10.1. The predicted molar refractivity (Wildman–Crippen MR) is 102 cm³/mol. The molecular weight excluding hydrogens is 314 g/mol. The second-order valence-corrected chi connectivity index (χ2v) is 7.01. The van der Waals surface area contributed by atoms with Crippen molar-refractivity contribution >= 4 is 22.2 Å². The van der Waals surface area contributed by atoms with E-state index in [1.165, 1.54) is 0 Å². The lowest BCUT2D eigenvalue weighted by Gasteiger charge is -2.08. The van der Waals surface area contributed by atoms with E-state index in [4.69, 9.17) is 4.99 Å². The minimum Gasteiger partial charge on any atom is -0.254 e. The minimum atomic E-state index is -1.13. The molecule has 24 heavy (non-hydrogen) atoms. The summed E-state index contributed by atoms with van der Waals surface area (Å²) < 4.78 is 12.8. The number of aryl methyl sites for hydroxylation is 1. The Labute approximate surface area is 145 Å². The zero-order chi connectivity index (χ0) is 16.8. The van der Waals surface area contributed by atoms with Gasteiger partial charge < -0.3 is 0 Å². The van der Waals surface area contributed by atoms with Crippen LogP contribution >= 0.6 is 0 Å². The zero-order valence-corrected chi connectivity index (χ0v) is 14.4. The van der Waals surface area contributed by atoms with E-state index in [-0.39, 0.29) is 0 Å². The molecule has 0 amide bonds. The van der Waals surface area contributed by atoms with E-state index in [9.17, 15) is 4.21 Å². The van der Waals surface area contributed by atoms with E-state index in [1.807, 2.05) is 91.9 Å². The van der Waals surface area contributed by atoms with Crippen molar-refractivity contribution in [1.29, 1.82) is 0 Å². The first-order chi connectivity index (χ1) is 11.7. The summed E-state index contributed by atoms with van der Waals surface area (Å²) in [4.78, 5) is 5.57. The summed E-state index contributed by atoms with van der Waals surface area (Å²) in [6.45, 7) is 2.03. The largest absolute Gasteiger partial charge is 0.254 e. The highest BCUT2D eigenvalue weighted by Crippen LogP contribution is 2.16. The lowest BCUT2D eigenvalue weighted by molar-refractivity contribution is 0.685. The molecule has 0 aliphatic rings. The molecule has 120 valence electrons. The quantitative estimate of drug-likeness (QED) is 0.609. The van der Waals surface area contributed by atoms with Crippen molar-refractivity contribution in [3.8, 4) is 0 Å². The maximum Gasteiger partial charge on any atom is 0.0712 e. The average Bonchev–Trinajstić information content (AvgIpc) is 2.63. The normalized spacial score (nSPS) is 12.8.